The fourth-order valence-corrected chi connectivity index (χ4v) is 4.32. The van der Waals surface area contributed by atoms with E-state index in [0.29, 0.717) is 31.0 Å². The summed E-state index contributed by atoms with van der Waals surface area (Å²) < 4.78 is 38.7. The number of rotatable bonds is 4. The van der Waals surface area contributed by atoms with Gasteiger partial charge in [0.05, 0.1) is 5.92 Å². The van der Waals surface area contributed by atoms with Crippen LogP contribution in [0, 0.1) is 5.92 Å². The molecule has 2 saturated heterocycles. The van der Waals surface area contributed by atoms with Crippen LogP contribution < -0.4 is 10.2 Å². The van der Waals surface area contributed by atoms with Gasteiger partial charge >= 0.3 is 6.18 Å². The molecule has 0 aromatic carbocycles. The molecule has 1 atom stereocenters. The number of amides is 1. The highest BCUT2D eigenvalue weighted by Gasteiger charge is 2.35. The Hall–Kier alpha value is -1.83. The van der Waals surface area contributed by atoms with Crippen molar-refractivity contribution in [3.05, 3.63) is 23.9 Å². The standard InChI is InChI=1S/C20H27F3N4O/c21-20(22,23)17-4-1-5-18(25-17)26-11-8-16(9-12-26)27-10-2-3-14(13-27)19(28)24-15-6-7-15/h1,4-5,14-16H,2-3,6-13H2,(H,24,28)/t14-/m1/s1. The normalized spacial score (nSPS) is 25.0. The summed E-state index contributed by atoms with van der Waals surface area (Å²) in [5.41, 5.74) is -0.840. The maximum atomic E-state index is 12.9. The number of carbonyl (C=O) groups is 1. The van der Waals surface area contributed by atoms with Crippen molar-refractivity contribution in [2.75, 3.05) is 31.1 Å². The topological polar surface area (TPSA) is 48.5 Å². The van der Waals surface area contributed by atoms with E-state index in [1.807, 2.05) is 4.90 Å². The van der Waals surface area contributed by atoms with Crippen LogP contribution in [0.4, 0.5) is 19.0 Å². The Morgan fingerprint density at radius 2 is 1.82 bits per heavy atom. The SMILES string of the molecule is O=C(NC1CC1)[C@@H]1CCCN(C2CCN(c3cccc(C(F)(F)F)n3)CC2)C1. The van der Waals surface area contributed by atoms with E-state index >= 15 is 0 Å². The molecule has 1 aliphatic carbocycles. The molecule has 0 radical (unpaired) electrons. The lowest BCUT2D eigenvalue weighted by Crippen LogP contribution is -2.51. The third kappa shape index (κ3) is 4.59. The lowest BCUT2D eigenvalue weighted by Gasteiger charge is -2.42. The van der Waals surface area contributed by atoms with Gasteiger partial charge in [-0.3, -0.25) is 9.69 Å². The summed E-state index contributed by atoms with van der Waals surface area (Å²) in [4.78, 5) is 20.5. The number of anilines is 1. The van der Waals surface area contributed by atoms with Gasteiger partial charge in [-0.05, 0) is 57.2 Å². The number of likely N-dealkylation sites (tertiary alicyclic amines) is 1. The van der Waals surface area contributed by atoms with Crippen LogP contribution in [0.1, 0.15) is 44.2 Å². The lowest BCUT2D eigenvalue weighted by molar-refractivity contribution is -0.141. The number of piperidine rings is 2. The van der Waals surface area contributed by atoms with Crippen molar-refractivity contribution < 1.29 is 18.0 Å². The van der Waals surface area contributed by atoms with Crippen LogP contribution in [0.3, 0.4) is 0 Å². The molecule has 3 heterocycles. The Morgan fingerprint density at radius 3 is 2.50 bits per heavy atom. The van der Waals surface area contributed by atoms with Gasteiger partial charge in [-0.2, -0.15) is 13.2 Å². The van der Waals surface area contributed by atoms with Gasteiger partial charge in [0.1, 0.15) is 11.5 Å². The monoisotopic (exact) mass is 396 g/mol. The zero-order chi connectivity index (χ0) is 19.7. The summed E-state index contributed by atoms with van der Waals surface area (Å²) in [5, 5.41) is 3.12. The average molecular weight is 396 g/mol. The summed E-state index contributed by atoms with van der Waals surface area (Å²) >= 11 is 0. The Morgan fingerprint density at radius 1 is 1.07 bits per heavy atom. The Balaban J connectivity index is 1.32. The van der Waals surface area contributed by atoms with Gasteiger partial charge in [0.2, 0.25) is 5.91 Å². The molecular formula is C20H27F3N4O. The zero-order valence-corrected chi connectivity index (χ0v) is 15.9. The van der Waals surface area contributed by atoms with Gasteiger partial charge in [0.25, 0.3) is 0 Å². The predicted molar refractivity (Wildman–Crippen MR) is 99.9 cm³/mol. The van der Waals surface area contributed by atoms with Crippen molar-refractivity contribution in [3.8, 4) is 0 Å². The predicted octanol–water partition coefficient (Wildman–Crippen LogP) is 3.06. The number of aromatic nitrogens is 1. The maximum absolute atomic E-state index is 12.9. The molecule has 8 heteroatoms. The number of nitrogens with zero attached hydrogens (tertiary/aromatic N) is 3. The molecule has 4 rings (SSSR count). The molecule has 0 spiro atoms. The first kappa shape index (κ1) is 19.5. The van der Waals surface area contributed by atoms with Crippen LogP contribution in [0.15, 0.2) is 18.2 Å². The number of halogens is 3. The maximum Gasteiger partial charge on any atom is 0.433 e. The van der Waals surface area contributed by atoms with Crippen LogP contribution in [-0.2, 0) is 11.0 Å². The van der Waals surface area contributed by atoms with Crippen molar-refractivity contribution in [1.82, 2.24) is 15.2 Å². The van der Waals surface area contributed by atoms with Gasteiger partial charge in [-0.25, -0.2) is 4.98 Å². The second-order valence-electron chi connectivity index (χ2n) is 8.21. The average Bonchev–Trinajstić information content (AvgIpc) is 3.52. The van der Waals surface area contributed by atoms with Gasteiger partial charge in [-0.15, -0.1) is 0 Å². The second kappa shape index (κ2) is 7.89. The number of alkyl halides is 3. The smallest absolute Gasteiger partial charge is 0.356 e. The van der Waals surface area contributed by atoms with Gasteiger partial charge < -0.3 is 10.2 Å². The molecule has 3 aliphatic rings. The van der Waals surface area contributed by atoms with Gasteiger partial charge in [-0.1, -0.05) is 6.07 Å². The molecule has 1 saturated carbocycles. The Kier molecular flexibility index (Phi) is 5.49. The molecule has 5 nitrogen and oxygen atoms in total. The zero-order valence-electron chi connectivity index (χ0n) is 15.9. The van der Waals surface area contributed by atoms with E-state index in [2.05, 4.69) is 15.2 Å². The summed E-state index contributed by atoms with van der Waals surface area (Å²) in [5.74, 6) is 0.656. The summed E-state index contributed by atoms with van der Waals surface area (Å²) in [7, 11) is 0. The number of hydrogen-bond acceptors (Lipinski definition) is 4. The summed E-state index contributed by atoms with van der Waals surface area (Å²) in [6, 6.07) is 4.86. The fraction of sp³-hybridized carbons (Fsp3) is 0.700. The Labute approximate surface area is 163 Å². The van der Waals surface area contributed by atoms with E-state index in [1.165, 1.54) is 6.07 Å². The first-order valence-electron chi connectivity index (χ1n) is 10.2. The van der Waals surface area contributed by atoms with Crippen molar-refractivity contribution in [2.45, 2.75) is 56.8 Å². The van der Waals surface area contributed by atoms with Crippen molar-refractivity contribution in [3.63, 3.8) is 0 Å². The van der Waals surface area contributed by atoms with E-state index in [9.17, 15) is 18.0 Å². The quantitative estimate of drug-likeness (QED) is 0.850. The molecular weight excluding hydrogens is 369 g/mol. The summed E-state index contributed by atoms with van der Waals surface area (Å²) in [6.07, 6.45) is 1.52. The van der Waals surface area contributed by atoms with E-state index in [0.717, 1.165) is 57.7 Å². The van der Waals surface area contributed by atoms with Crippen LogP contribution in [0.25, 0.3) is 0 Å². The number of carbonyl (C=O) groups excluding carboxylic acids is 1. The molecule has 1 amide bonds. The summed E-state index contributed by atoms with van der Waals surface area (Å²) in [6.45, 7) is 3.17. The minimum absolute atomic E-state index is 0.0671. The molecule has 0 bridgehead atoms. The van der Waals surface area contributed by atoms with E-state index in [-0.39, 0.29) is 11.8 Å². The molecule has 154 valence electrons. The van der Waals surface area contributed by atoms with Gasteiger partial charge in [0, 0.05) is 31.7 Å². The van der Waals surface area contributed by atoms with E-state index in [1.54, 1.807) is 6.07 Å². The van der Waals surface area contributed by atoms with Crippen LogP contribution in [-0.4, -0.2) is 54.1 Å². The highest BCUT2D eigenvalue weighted by molar-refractivity contribution is 5.79. The van der Waals surface area contributed by atoms with E-state index < -0.39 is 11.9 Å². The minimum atomic E-state index is -4.42. The number of hydrogen-bond donors (Lipinski definition) is 1. The molecule has 2 aliphatic heterocycles. The molecule has 1 aromatic heterocycles. The molecule has 3 fully saturated rings. The second-order valence-corrected chi connectivity index (χ2v) is 8.21. The minimum Gasteiger partial charge on any atom is -0.356 e. The van der Waals surface area contributed by atoms with Crippen molar-refractivity contribution in [2.24, 2.45) is 5.92 Å². The first-order valence-corrected chi connectivity index (χ1v) is 10.2. The molecule has 0 unspecified atom stereocenters. The first-order chi connectivity index (χ1) is 13.4. The van der Waals surface area contributed by atoms with Crippen LogP contribution in [0.2, 0.25) is 0 Å². The van der Waals surface area contributed by atoms with Crippen LogP contribution >= 0.6 is 0 Å². The molecule has 1 N–H and O–H groups in total. The third-order valence-corrected chi connectivity index (χ3v) is 6.08. The van der Waals surface area contributed by atoms with Gasteiger partial charge in [0.15, 0.2) is 0 Å². The third-order valence-electron chi connectivity index (χ3n) is 6.08. The van der Waals surface area contributed by atoms with Crippen LogP contribution in [0.5, 0.6) is 0 Å². The van der Waals surface area contributed by atoms with E-state index in [4.69, 9.17) is 0 Å². The highest BCUT2D eigenvalue weighted by Crippen LogP contribution is 2.31. The molecule has 28 heavy (non-hydrogen) atoms. The number of pyridine rings is 1. The van der Waals surface area contributed by atoms with Crippen molar-refractivity contribution in [1.29, 1.82) is 0 Å². The molecule has 1 aromatic rings. The number of nitrogens with one attached hydrogen (secondary N) is 1. The lowest BCUT2D eigenvalue weighted by atomic mass is 9.93. The Bertz CT molecular complexity index is 699. The van der Waals surface area contributed by atoms with Crippen molar-refractivity contribution >= 4 is 11.7 Å². The largest absolute Gasteiger partial charge is 0.433 e. The fourth-order valence-electron chi connectivity index (χ4n) is 4.32. The highest BCUT2D eigenvalue weighted by atomic mass is 19.4.